The molecule has 2 fully saturated rings. The van der Waals surface area contributed by atoms with Crippen LogP contribution >= 0.6 is 0 Å². The molecule has 3 nitrogen and oxygen atoms in total. The van der Waals surface area contributed by atoms with Crippen LogP contribution in [0.1, 0.15) is 31.7 Å². The van der Waals surface area contributed by atoms with Gasteiger partial charge in [0.15, 0.2) is 0 Å². The van der Waals surface area contributed by atoms with E-state index in [1.165, 1.54) is 12.8 Å². The van der Waals surface area contributed by atoms with E-state index >= 15 is 0 Å². The third-order valence-corrected chi connectivity index (χ3v) is 4.14. The maximum absolute atomic E-state index is 13.9. The number of ether oxygens (including phenoxy) is 1. The Balaban J connectivity index is 1.76. The third kappa shape index (κ3) is 3.30. The molecule has 20 heavy (non-hydrogen) atoms. The number of benzene rings is 1. The van der Waals surface area contributed by atoms with Gasteiger partial charge in [-0.25, -0.2) is 4.39 Å². The maximum Gasteiger partial charge on any atom is 0.125 e. The van der Waals surface area contributed by atoms with Gasteiger partial charge in [0.25, 0.3) is 0 Å². The molecule has 3 rings (SSSR count). The second-order valence-corrected chi connectivity index (χ2v) is 5.80. The standard InChI is InChI=1S/C16H23FN2O/c1-2-15-11-20-6-5-19(15)16-8-12(7-13(17)9-16)10-18-14-3-4-14/h7-9,14-15,18H,2-6,10-11H2,1H3. The number of rotatable bonds is 5. The van der Waals surface area contributed by atoms with Gasteiger partial charge in [0.2, 0.25) is 0 Å². The van der Waals surface area contributed by atoms with E-state index in [1.54, 1.807) is 12.1 Å². The summed E-state index contributed by atoms with van der Waals surface area (Å²) in [5.41, 5.74) is 2.03. The summed E-state index contributed by atoms with van der Waals surface area (Å²) in [6.07, 6.45) is 3.53. The summed E-state index contributed by atoms with van der Waals surface area (Å²) < 4.78 is 19.4. The van der Waals surface area contributed by atoms with Crippen LogP contribution < -0.4 is 10.2 Å². The SMILES string of the molecule is CCC1COCCN1c1cc(F)cc(CNC2CC2)c1. The van der Waals surface area contributed by atoms with Crippen molar-refractivity contribution in [1.82, 2.24) is 5.32 Å². The van der Waals surface area contributed by atoms with Crippen LogP contribution in [0, 0.1) is 5.82 Å². The molecule has 0 aromatic heterocycles. The highest BCUT2D eigenvalue weighted by molar-refractivity contribution is 5.50. The molecule has 1 aromatic carbocycles. The molecule has 1 aliphatic carbocycles. The molecular weight excluding hydrogens is 255 g/mol. The van der Waals surface area contributed by atoms with Crippen molar-refractivity contribution in [3.8, 4) is 0 Å². The van der Waals surface area contributed by atoms with Crippen molar-refractivity contribution < 1.29 is 9.13 Å². The minimum Gasteiger partial charge on any atom is -0.377 e. The quantitative estimate of drug-likeness (QED) is 0.896. The molecule has 4 heteroatoms. The van der Waals surface area contributed by atoms with Crippen molar-refractivity contribution in [3.63, 3.8) is 0 Å². The summed E-state index contributed by atoms with van der Waals surface area (Å²) in [6, 6.07) is 6.41. The molecule has 0 spiro atoms. The number of hydrogen-bond donors (Lipinski definition) is 1. The monoisotopic (exact) mass is 278 g/mol. The Morgan fingerprint density at radius 1 is 1.35 bits per heavy atom. The average Bonchev–Trinajstić information content (AvgIpc) is 3.29. The van der Waals surface area contributed by atoms with E-state index in [2.05, 4.69) is 23.2 Å². The Hall–Kier alpha value is -1.13. The summed E-state index contributed by atoms with van der Waals surface area (Å²) in [7, 11) is 0. The fourth-order valence-electron chi connectivity index (χ4n) is 2.78. The number of nitrogens with zero attached hydrogens (tertiary/aromatic N) is 1. The van der Waals surface area contributed by atoms with Gasteiger partial charge in [0, 0.05) is 24.8 Å². The number of morpholine rings is 1. The predicted octanol–water partition coefficient (Wildman–Crippen LogP) is 2.69. The summed E-state index contributed by atoms with van der Waals surface area (Å²) in [5.74, 6) is -0.142. The highest BCUT2D eigenvalue weighted by Gasteiger charge is 2.23. The van der Waals surface area contributed by atoms with Crippen LogP contribution in [0.25, 0.3) is 0 Å². The van der Waals surface area contributed by atoms with Crippen molar-refractivity contribution in [1.29, 1.82) is 0 Å². The van der Waals surface area contributed by atoms with Crippen LogP contribution in [0.3, 0.4) is 0 Å². The van der Waals surface area contributed by atoms with Crippen LogP contribution in [-0.2, 0) is 11.3 Å². The van der Waals surface area contributed by atoms with E-state index in [0.717, 1.165) is 44.0 Å². The molecule has 0 radical (unpaired) electrons. The Kier molecular flexibility index (Phi) is 4.22. The van der Waals surface area contributed by atoms with Gasteiger partial charge in [0.1, 0.15) is 5.82 Å². The first-order chi connectivity index (χ1) is 9.76. The van der Waals surface area contributed by atoms with Crippen molar-refractivity contribution in [2.75, 3.05) is 24.7 Å². The first-order valence-corrected chi connectivity index (χ1v) is 7.63. The third-order valence-electron chi connectivity index (χ3n) is 4.14. The number of halogens is 1. The molecule has 1 aromatic rings. The van der Waals surface area contributed by atoms with Crippen molar-refractivity contribution in [2.45, 2.75) is 44.8 Å². The zero-order valence-electron chi connectivity index (χ0n) is 12.1. The highest BCUT2D eigenvalue weighted by Crippen LogP contribution is 2.25. The normalized spacial score (nSPS) is 23.1. The molecule has 2 aliphatic rings. The van der Waals surface area contributed by atoms with Gasteiger partial charge in [-0.15, -0.1) is 0 Å². The van der Waals surface area contributed by atoms with Gasteiger partial charge < -0.3 is 15.0 Å². The largest absolute Gasteiger partial charge is 0.377 e. The number of anilines is 1. The lowest BCUT2D eigenvalue weighted by Crippen LogP contribution is -2.45. The molecule has 1 saturated heterocycles. The van der Waals surface area contributed by atoms with Crippen LogP contribution in [0.2, 0.25) is 0 Å². The molecule has 1 unspecified atom stereocenters. The topological polar surface area (TPSA) is 24.5 Å². The van der Waals surface area contributed by atoms with Crippen molar-refractivity contribution in [2.24, 2.45) is 0 Å². The average molecular weight is 278 g/mol. The zero-order valence-corrected chi connectivity index (χ0v) is 12.1. The minimum absolute atomic E-state index is 0.142. The predicted molar refractivity (Wildman–Crippen MR) is 78.5 cm³/mol. The Labute approximate surface area is 120 Å². The lowest BCUT2D eigenvalue weighted by molar-refractivity contribution is 0.0929. The van der Waals surface area contributed by atoms with Gasteiger partial charge in [-0.2, -0.15) is 0 Å². The van der Waals surface area contributed by atoms with Gasteiger partial charge in [-0.3, -0.25) is 0 Å². The number of nitrogens with one attached hydrogen (secondary N) is 1. The lowest BCUT2D eigenvalue weighted by Gasteiger charge is -2.37. The fraction of sp³-hybridized carbons (Fsp3) is 0.625. The fourth-order valence-corrected chi connectivity index (χ4v) is 2.78. The van der Waals surface area contributed by atoms with E-state index in [0.29, 0.717) is 12.1 Å². The number of hydrogen-bond acceptors (Lipinski definition) is 3. The highest BCUT2D eigenvalue weighted by atomic mass is 19.1. The van der Waals surface area contributed by atoms with Crippen molar-refractivity contribution in [3.05, 3.63) is 29.6 Å². The second kappa shape index (κ2) is 6.10. The Morgan fingerprint density at radius 2 is 2.20 bits per heavy atom. The maximum atomic E-state index is 13.9. The van der Waals surface area contributed by atoms with Crippen molar-refractivity contribution >= 4 is 5.69 Å². The molecule has 110 valence electrons. The molecule has 0 amide bonds. The van der Waals surface area contributed by atoms with E-state index in [9.17, 15) is 4.39 Å². The Bertz CT molecular complexity index is 462. The van der Waals surface area contributed by atoms with Gasteiger partial charge in [-0.1, -0.05) is 6.92 Å². The smallest absolute Gasteiger partial charge is 0.125 e. The van der Waals surface area contributed by atoms with Gasteiger partial charge >= 0.3 is 0 Å². The second-order valence-electron chi connectivity index (χ2n) is 5.80. The lowest BCUT2D eigenvalue weighted by atomic mass is 10.1. The summed E-state index contributed by atoms with van der Waals surface area (Å²) in [4.78, 5) is 2.28. The Morgan fingerprint density at radius 3 is 2.95 bits per heavy atom. The summed E-state index contributed by atoms with van der Waals surface area (Å²) in [5, 5.41) is 3.45. The summed E-state index contributed by atoms with van der Waals surface area (Å²) in [6.45, 7) is 5.22. The van der Waals surface area contributed by atoms with Crippen LogP contribution in [0.5, 0.6) is 0 Å². The van der Waals surface area contributed by atoms with E-state index in [4.69, 9.17) is 4.74 Å². The van der Waals surface area contributed by atoms with E-state index < -0.39 is 0 Å². The first kappa shape index (κ1) is 13.8. The molecule has 1 heterocycles. The zero-order chi connectivity index (χ0) is 13.9. The van der Waals surface area contributed by atoms with E-state index in [1.807, 2.05) is 0 Å². The molecule has 1 aliphatic heterocycles. The van der Waals surface area contributed by atoms with Crippen LogP contribution in [-0.4, -0.2) is 31.8 Å². The molecule has 1 atom stereocenters. The van der Waals surface area contributed by atoms with E-state index in [-0.39, 0.29) is 5.82 Å². The van der Waals surface area contributed by atoms with Gasteiger partial charge in [0.05, 0.1) is 19.3 Å². The summed E-state index contributed by atoms with van der Waals surface area (Å²) >= 11 is 0. The van der Waals surface area contributed by atoms with Gasteiger partial charge in [-0.05, 0) is 43.0 Å². The molecular formula is C16H23FN2O. The molecule has 1 N–H and O–H groups in total. The molecule has 0 bridgehead atoms. The first-order valence-electron chi connectivity index (χ1n) is 7.63. The van der Waals surface area contributed by atoms with Crippen LogP contribution in [0.15, 0.2) is 18.2 Å². The minimum atomic E-state index is -0.142. The van der Waals surface area contributed by atoms with Crippen LogP contribution in [0.4, 0.5) is 10.1 Å². The molecule has 1 saturated carbocycles.